The molecule has 1 aromatic carbocycles. The molecule has 0 saturated heterocycles. The van der Waals surface area contributed by atoms with Crippen molar-refractivity contribution in [2.45, 2.75) is 26.1 Å². The summed E-state index contributed by atoms with van der Waals surface area (Å²) in [5.74, 6) is 0.0117. The van der Waals surface area contributed by atoms with Crippen LogP contribution in [0.15, 0.2) is 24.3 Å². The number of nitrogens with one attached hydrogen (secondary N) is 1. The molecule has 0 aromatic heterocycles. The maximum atomic E-state index is 12.8. The smallest absolute Gasteiger partial charge is 0.419 e. The number of alkyl halides is 3. The number of para-hydroxylation sites is 1. The molecule has 2 nitrogen and oxygen atoms in total. The molecule has 0 radical (unpaired) electrons. The van der Waals surface area contributed by atoms with E-state index in [0.29, 0.717) is 6.54 Å². The lowest BCUT2D eigenvalue weighted by Gasteiger charge is -2.24. The fourth-order valence-electron chi connectivity index (χ4n) is 1.58. The molecular weight excluding hydrogens is 243 g/mol. The van der Waals surface area contributed by atoms with Gasteiger partial charge in [-0.3, -0.25) is 0 Å². The van der Waals surface area contributed by atoms with Gasteiger partial charge in [-0.1, -0.05) is 26.0 Å². The SMILES string of the molecule is CNCC(Oc1ccccc1C(F)(F)F)C(C)C. The van der Waals surface area contributed by atoms with Crippen molar-refractivity contribution in [3.05, 3.63) is 29.8 Å². The van der Waals surface area contributed by atoms with Crippen molar-refractivity contribution in [1.82, 2.24) is 5.32 Å². The number of rotatable bonds is 5. The fraction of sp³-hybridized carbons (Fsp3) is 0.538. The molecule has 1 aromatic rings. The normalized spacial score (nSPS) is 13.7. The van der Waals surface area contributed by atoms with E-state index < -0.39 is 11.7 Å². The molecule has 0 spiro atoms. The Kier molecular flexibility index (Phi) is 5.02. The van der Waals surface area contributed by atoms with E-state index in [9.17, 15) is 13.2 Å². The van der Waals surface area contributed by atoms with Crippen LogP contribution in [0.2, 0.25) is 0 Å². The second kappa shape index (κ2) is 6.09. The predicted octanol–water partition coefficient (Wildman–Crippen LogP) is 3.33. The molecule has 5 heteroatoms. The summed E-state index contributed by atoms with van der Waals surface area (Å²) < 4.78 is 43.9. The Labute approximate surface area is 105 Å². The van der Waals surface area contributed by atoms with Crippen LogP contribution in [0, 0.1) is 5.92 Å². The topological polar surface area (TPSA) is 21.3 Å². The van der Waals surface area contributed by atoms with Gasteiger partial charge < -0.3 is 10.1 Å². The van der Waals surface area contributed by atoms with Crippen LogP contribution in [-0.2, 0) is 6.18 Å². The van der Waals surface area contributed by atoms with E-state index in [1.165, 1.54) is 12.1 Å². The summed E-state index contributed by atoms with van der Waals surface area (Å²) in [4.78, 5) is 0. The summed E-state index contributed by atoms with van der Waals surface area (Å²) in [5, 5.41) is 2.92. The fourth-order valence-corrected chi connectivity index (χ4v) is 1.58. The minimum Gasteiger partial charge on any atom is -0.488 e. The Morgan fingerprint density at radius 2 is 1.83 bits per heavy atom. The molecule has 0 saturated carbocycles. The number of hydrogen-bond acceptors (Lipinski definition) is 2. The van der Waals surface area contributed by atoms with Crippen LogP contribution in [0.4, 0.5) is 13.2 Å². The zero-order chi connectivity index (χ0) is 13.8. The number of halogens is 3. The lowest BCUT2D eigenvalue weighted by molar-refractivity contribution is -0.139. The van der Waals surface area contributed by atoms with Crippen LogP contribution in [0.1, 0.15) is 19.4 Å². The highest BCUT2D eigenvalue weighted by Gasteiger charge is 2.34. The summed E-state index contributed by atoms with van der Waals surface area (Å²) in [7, 11) is 1.74. The van der Waals surface area contributed by atoms with Gasteiger partial charge in [0, 0.05) is 6.54 Å². The van der Waals surface area contributed by atoms with Crippen LogP contribution < -0.4 is 10.1 Å². The third-order valence-corrected chi connectivity index (χ3v) is 2.62. The zero-order valence-corrected chi connectivity index (χ0v) is 10.7. The monoisotopic (exact) mass is 261 g/mol. The maximum absolute atomic E-state index is 12.8. The second-order valence-corrected chi connectivity index (χ2v) is 4.45. The van der Waals surface area contributed by atoms with E-state index in [4.69, 9.17) is 4.74 Å². The summed E-state index contributed by atoms with van der Waals surface area (Å²) in [6.07, 6.45) is -4.68. The average molecular weight is 261 g/mol. The molecule has 18 heavy (non-hydrogen) atoms. The molecule has 0 amide bonds. The van der Waals surface area contributed by atoms with Gasteiger partial charge in [0.15, 0.2) is 0 Å². The van der Waals surface area contributed by atoms with Crippen molar-refractivity contribution in [2.24, 2.45) is 5.92 Å². The van der Waals surface area contributed by atoms with Crippen LogP contribution >= 0.6 is 0 Å². The Bertz CT molecular complexity index is 377. The zero-order valence-electron chi connectivity index (χ0n) is 10.7. The van der Waals surface area contributed by atoms with Gasteiger partial charge in [0.1, 0.15) is 11.9 Å². The maximum Gasteiger partial charge on any atom is 0.419 e. The van der Waals surface area contributed by atoms with Gasteiger partial charge >= 0.3 is 6.18 Å². The number of hydrogen-bond donors (Lipinski definition) is 1. The van der Waals surface area contributed by atoms with Gasteiger partial charge in [0.25, 0.3) is 0 Å². The molecule has 102 valence electrons. The van der Waals surface area contributed by atoms with Crippen molar-refractivity contribution >= 4 is 0 Å². The first-order chi connectivity index (χ1) is 8.36. The highest BCUT2D eigenvalue weighted by atomic mass is 19.4. The quantitative estimate of drug-likeness (QED) is 0.877. The molecule has 0 heterocycles. The van der Waals surface area contributed by atoms with Crippen molar-refractivity contribution in [1.29, 1.82) is 0 Å². The first kappa shape index (κ1) is 14.8. The largest absolute Gasteiger partial charge is 0.488 e. The molecule has 0 aliphatic carbocycles. The lowest BCUT2D eigenvalue weighted by atomic mass is 10.1. The average Bonchev–Trinajstić information content (AvgIpc) is 2.27. The minimum absolute atomic E-state index is 0.112. The van der Waals surface area contributed by atoms with Crippen molar-refractivity contribution < 1.29 is 17.9 Å². The summed E-state index contributed by atoms with van der Waals surface area (Å²) in [5.41, 5.74) is -0.730. The van der Waals surface area contributed by atoms with Crippen LogP contribution in [0.5, 0.6) is 5.75 Å². The van der Waals surface area contributed by atoms with Crippen molar-refractivity contribution in [3.8, 4) is 5.75 Å². The number of likely N-dealkylation sites (N-methyl/N-ethyl adjacent to an activating group) is 1. The van der Waals surface area contributed by atoms with Gasteiger partial charge in [-0.25, -0.2) is 0 Å². The second-order valence-electron chi connectivity index (χ2n) is 4.45. The minimum atomic E-state index is -4.39. The first-order valence-corrected chi connectivity index (χ1v) is 5.83. The molecule has 0 bridgehead atoms. The van der Waals surface area contributed by atoms with E-state index in [0.717, 1.165) is 6.07 Å². The van der Waals surface area contributed by atoms with Crippen molar-refractivity contribution in [3.63, 3.8) is 0 Å². The standard InChI is InChI=1S/C13H18F3NO/c1-9(2)12(8-17-3)18-11-7-5-4-6-10(11)13(14,15)16/h4-7,9,12,17H,8H2,1-3H3. The molecule has 1 N–H and O–H groups in total. The molecule has 0 fully saturated rings. The van der Waals surface area contributed by atoms with Crippen LogP contribution in [-0.4, -0.2) is 19.7 Å². The summed E-state index contributed by atoms with van der Waals surface area (Å²) >= 11 is 0. The summed E-state index contributed by atoms with van der Waals surface area (Å²) in [6.45, 7) is 4.33. The van der Waals surface area contributed by atoms with Gasteiger partial charge in [0.2, 0.25) is 0 Å². The van der Waals surface area contributed by atoms with Crippen LogP contribution in [0.3, 0.4) is 0 Å². The van der Waals surface area contributed by atoms with E-state index in [1.807, 2.05) is 13.8 Å². The van der Waals surface area contributed by atoms with Crippen LogP contribution in [0.25, 0.3) is 0 Å². The number of ether oxygens (including phenoxy) is 1. The molecular formula is C13H18F3NO. The number of benzene rings is 1. The van der Waals surface area contributed by atoms with E-state index in [-0.39, 0.29) is 17.8 Å². The third kappa shape index (κ3) is 3.91. The molecule has 0 aliphatic heterocycles. The van der Waals surface area contributed by atoms with E-state index in [1.54, 1.807) is 13.1 Å². The third-order valence-electron chi connectivity index (χ3n) is 2.62. The highest BCUT2D eigenvalue weighted by Crippen LogP contribution is 2.36. The first-order valence-electron chi connectivity index (χ1n) is 5.83. The molecule has 1 atom stereocenters. The Morgan fingerprint density at radius 1 is 1.22 bits per heavy atom. The molecule has 0 aliphatic rings. The Balaban J connectivity index is 2.96. The Hall–Kier alpha value is -1.23. The van der Waals surface area contributed by atoms with E-state index >= 15 is 0 Å². The Morgan fingerprint density at radius 3 is 2.33 bits per heavy atom. The molecule has 1 unspecified atom stereocenters. The van der Waals surface area contributed by atoms with Gasteiger partial charge in [-0.2, -0.15) is 13.2 Å². The predicted molar refractivity (Wildman–Crippen MR) is 64.6 cm³/mol. The van der Waals surface area contributed by atoms with E-state index in [2.05, 4.69) is 5.32 Å². The highest BCUT2D eigenvalue weighted by molar-refractivity contribution is 5.35. The van der Waals surface area contributed by atoms with Gasteiger partial charge in [-0.15, -0.1) is 0 Å². The summed E-state index contributed by atoms with van der Waals surface area (Å²) in [6, 6.07) is 5.29. The lowest BCUT2D eigenvalue weighted by Crippen LogP contribution is -2.34. The van der Waals surface area contributed by atoms with Gasteiger partial charge in [0.05, 0.1) is 5.56 Å². The van der Waals surface area contributed by atoms with Gasteiger partial charge in [-0.05, 0) is 25.1 Å². The molecule has 1 rings (SSSR count). The van der Waals surface area contributed by atoms with Crippen molar-refractivity contribution in [2.75, 3.05) is 13.6 Å².